The highest BCUT2D eigenvalue weighted by molar-refractivity contribution is 7.98. The number of aromatic hydroxyl groups is 1. The fourth-order valence-electron chi connectivity index (χ4n) is 5.01. The van der Waals surface area contributed by atoms with Crippen molar-refractivity contribution in [3.8, 4) is 5.75 Å². The summed E-state index contributed by atoms with van der Waals surface area (Å²) in [4.78, 5) is 28.8. The predicted molar refractivity (Wildman–Crippen MR) is 151 cm³/mol. The molecule has 1 heterocycles. The zero-order chi connectivity index (χ0) is 27.2. The van der Waals surface area contributed by atoms with Crippen LogP contribution in [-0.4, -0.2) is 43.8 Å². The lowest BCUT2D eigenvalue weighted by Gasteiger charge is -2.26. The smallest absolute Gasteiger partial charge is 0.270 e. The number of carbonyl (C=O) groups is 2. The van der Waals surface area contributed by atoms with Crippen LogP contribution >= 0.6 is 11.8 Å². The molecule has 0 aliphatic heterocycles. The van der Waals surface area contributed by atoms with E-state index in [1.807, 2.05) is 36.6 Å². The first kappa shape index (κ1) is 26.4. The van der Waals surface area contributed by atoms with Gasteiger partial charge in [0.15, 0.2) is 0 Å². The maximum Gasteiger partial charge on any atom is 0.270 e. The van der Waals surface area contributed by atoms with Crippen LogP contribution < -0.4 is 10.2 Å². The van der Waals surface area contributed by atoms with Crippen molar-refractivity contribution in [2.24, 2.45) is 0 Å². The van der Waals surface area contributed by atoms with Gasteiger partial charge in [-0.1, -0.05) is 54.7 Å². The summed E-state index contributed by atoms with van der Waals surface area (Å²) in [6.07, 6.45) is 8.09. The summed E-state index contributed by atoms with van der Waals surface area (Å²) < 4.78 is 0. The topological polar surface area (TPSA) is 124 Å². The number of aromatic amines is 1. The zero-order valence-electron chi connectivity index (χ0n) is 21.6. The molecule has 3 aromatic carbocycles. The van der Waals surface area contributed by atoms with Gasteiger partial charge < -0.3 is 10.0 Å². The number of amides is 2. The minimum atomic E-state index is -0.368. The number of aromatic nitrogens is 4. The van der Waals surface area contributed by atoms with Crippen molar-refractivity contribution in [1.82, 2.24) is 20.6 Å². The Balaban J connectivity index is 1.42. The van der Waals surface area contributed by atoms with Gasteiger partial charge in [-0.3, -0.25) is 14.9 Å². The van der Waals surface area contributed by atoms with E-state index in [4.69, 9.17) is 0 Å². The molecule has 1 saturated carbocycles. The summed E-state index contributed by atoms with van der Waals surface area (Å²) in [5.74, 6) is -0.0619. The van der Waals surface area contributed by atoms with Crippen LogP contribution in [0.4, 0.5) is 11.6 Å². The number of hydrogen-bond acceptors (Lipinski definition) is 7. The maximum atomic E-state index is 14.0. The van der Waals surface area contributed by atoms with E-state index in [1.165, 1.54) is 55.5 Å². The van der Waals surface area contributed by atoms with E-state index in [1.54, 1.807) is 23.1 Å². The molecule has 1 aliphatic rings. The van der Waals surface area contributed by atoms with Crippen molar-refractivity contribution in [2.45, 2.75) is 49.5 Å². The van der Waals surface area contributed by atoms with Crippen LogP contribution in [-0.2, 0) is 6.54 Å². The summed E-state index contributed by atoms with van der Waals surface area (Å²) in [5.41, 5.74) is 3.57. The molecule has 0 radical (unpaired) electrons. The van der Waals surface area contributed by atoms with Gasteiger partial charge in [-0.2, -0.15) is 5.21 Å². The molecule has 5 rings (SSSR count). The highest BCUT2D eigenvalue weighted by atomic mass is 32.2. The van der Waals surface area contributed by atoms with Crippen molar-refractivity contribution in [3.05, 3.63) is 89.0 Å². The number of hydrogen-bond donors (Lipinski definition) is 3. The molecule has 2 amide bonds. The van der Waals surface area contributed by atoms with Gasteiger partial charge >= 0.3 is 0 Å². The van der Waals surface area contributed by atoms with Crippen LogP contribution in [0.3, 0.4) is 0 Å². The van der Waals surface area contributed by atoms with Gasteiger partial charge in [0.05, 0.1) is 12.1 Å². The molecule has 10 heteroatoms. The number of anilines is 2. The number of H-pyrrole nitrogens is 1. The van der Waals surface area contributed by atoms with Crippen LogP contribution in [0.2, 0.25) is 0 Å². The van der Waals surface area contributed by atoms with Crippen LogP contribution in [0.25, 0.3) is 0 Å². The van der Waals surface area contributed by atoms with E-state index in [0.717, 1.165) is 11.3 Å². The molecule has 0 saturated heterocycles. The van der Waals surface area contributed by atoms with Gasteiger partial charge in [-0.15, -0.1) is 16.9 Å². The normalized spacial score (nSPS) is 13.7. The largest absolute Gasteiger partial charge is 0.507 e. The minimum absolute atomic E-state index is 0.0517. The van der Waals surface area contributed by atoms with Gasteiger partial charge in [0, 0.05) is 16.1 Å². The van der Waals surface area contributed by atoms with Gasteiger partial charge in [0.2, 0.25) is 0 Å². The lowest BCUT2D eigenvalue weighted by Crippen LogP contribution is -2.31. The summed E-state index contributed by atoms with van der Waals surface area (Å²) in [7, 11) is 0. The van der Waals surface area contributed by atoms with Crippen molar-refractivity contribution in [2.75, 3.05) is 16.5 Å². The maximum absolute atomic E-state index is 14.0. The van der Waals surface area contributed by atoms with E-state index in [9.17, 15) is 14.7 Å². The average molecular weight is 543 g/mol. The second kappa shape index (κ2) is 12.1. The van der Waals surface area contributed by atoms with Gasteiger partial charge in [0.1, 0.15) is 5.75 Å². The molecule has 3 N–H and O–H groups in total. The summed E-state index contributed by atoms with van der Waals surface area (Å²) in [6.45, 7) is 0.260. The molecule has 0 unspecified atom stereocenters. The second-order valence-electron chi connectivity index (χ2n) is 9.56. The molecule has 1 fully saturated rings. The Morgan fingerprint density at radius 3 is 2.44 bits per heavy atom. The van der Waals surface area contributed by atoms with E-state index >= 15 is 0 Å². The monoisotopic (exact) mass is 542 g/mol. The Morgan fingerprint density at radius 1 is 1.03 bits per heavy atom. The number of benzene rings is 3. The molecule has 1 aromatic heterocycles. The first-order valence-corrected chi connectivity index (χ1v) is 14.2. The number of nitrogens with zero attached hydrogens (tertiary/aromatic N) is 4. The number of phenolic OH excluding ortho intramolecular Hbond substituents is 1. The summed E-state index contributed by atoms with van der Waals surface area (Å²) in [5, 5.41) is 26.4. The molecule has 1 aliphatic carbocycles. The Kier molecular flexibility index (Phi) is 8.21. The van der Waals surface area contributed by atoms with Crippen LogP contribution in [0.5, 0.6) is 5.75 Å². The van der Waals surface area contributed by atoms with Crippen molar-refractivity contribution in [1.29, 1.82) is 0 Å². The predicted octanol–water partition coefficient (Wildman–Crippen LogP) is 5.77. The van der Waals surface area contributed by atoms with Gasteiger partial charge in [-0.25, -0.2) is 0 Å². The lowest BCUT2D eigenvalue weighted by molar-refractivity contribution is 0.0977. The fraction of sp³-hybridized carbons (Fsp3) is 0.276. The van der Waals surface area contributed by atoms with Gasteiger partial charge in [-0.05, 0) is 77.8 Å². The first-order valence-electron chi connectivity index (χ1n) is 12.9. The third kappa shape index (κ3) is 6.12. The van der Waals surface area contributed by atoms with Gasteiger partial charge in [0.25, 0.3) is 17.8 Å². The van der Waals surface area contributed by atoms with E-state index in [0.29, 0.717) is 16.4 Å². The molecule has 4 aromatic rings. The summed E-state index contributed by atoms with van der Waals surface area (Å²) in [6, 6.07) is 20.3. The van der Waals surface area contributed by atoms with Crippen LogP contribution in [0.15, 0.2) is 71.6 Å². The van der Waals surface area contributed by atoms with E-state index < -0.39 is 0 Å². The van der Waals surface area contributed by atoms with Crippen molar-refractivity contribution >= 4 is 35.2 Å². The van der Waals surface area contributed by atoms with E-state index in [-0.39, 0.29) is 35.6 Å². The second-order valence-corrected chi connectivity index (χ2v) is 10.4. The van der Waals surface area contributed by atoms with Crippen LogP contribution in [0.1, 0.15) is 69.9 Å². The Labute approximate surface area is 231 Å². The molecule has 0 spiro atoms. The standard InChI is InChI=1S/C29H30N6O3S/c1-39-25-9-5-8-24(36)26(25)28(38)35(23-16-14-21(15-17-23)20-6-3-2-4-7-20)18-19-10-12-22(13-11-19)27(37)30-29-31-33-34-32-29/h5,8-17,20,36H,2-4,6-7,18H2,1H3,(H2,30,31,32,33,34,37). The molecule has 9 nitrogen and oxygen atoms in total. The zero-order valence-corrected chi connectivity index (χ0v) is 22.4. The minimum Gasteiger partial charge on any atom is -0.507 e. The average Bonchev–Trinajstić information content (AvgIpc) is 3.49. The molecule has 200 valence electrons. The Morgan fingerprint density at radius 2 is 1.77 bits per heavy atom. The molecule has 39 heavy (non-hydrogen) atoms. The first-order chi connectivity index (χ1) is 19.0. The lowest BCUT2D eigenvalue weighted by atomic mass is 9.84. The Bertz CT molecular complexity index is 1420. The van der Waals surface area contributed by atoms with E-state index in [2.05, 4.69) is 38.1 Å². The number of tetrazole rings is 1. The highest BCUT2D eigenvalue weighted by Crippen LogP contribution is 2.35. The number of carbonyl (C=O) groups excluding carboxylic acids is 2. The van der Waals surface area contributed by atoms with Crippen LogP contribution in [0, 0.1) is 0 Å². The molecule has 0 bridgehead atoms. The fourth-order valence-corrected chi connectivity index (χ4v) is 5.63. The molecular weight excluding hydrogens is 512 g/mol. The quantitative estimate of drug-likeness (QED) is 0.241. The molecular formula is C29H30N6O3S. The number of rotatable bonds is 8. The Hall–Kier alpha value is -4.18. The third-order valence-electron chi connectivity index (χ3n) is 7.09. The third-order valence-corrected chi connectivity index (χ3v) is 7.87. The summed E-state index contributed by atoms with van der Waals surface area (Å²) >= 11 is 1.42. The SMILES string of the molecule is CSc1cccc(O)c1C(=O)N(Cc1ccc(C(=O)Nc2nn[nH]n2)cc1)c1ccc(C2CCCCC2)cc1. The van der Waals surface area contributed by atoms with Crippen molar-refractivity contribution in [3.63, 3.8) is 0 Å². The molecule has 0 atom stereocenters. The highest BCUT2D eigenvalue weighted by Gasteiger charge is 2.25. The number of phenols is 1. The van der Waals surface area contributed by atoms with Crippen molar-refractivity contribution < 1.29 is 14.7 Å². The number of nitrogens with one attached hydrogen (secondary N) is 2. The number of thioether (sulfide) groups is 1.